The van der Waals surface area contributed by atoms with Gasteiger partial charge in [-0.3, -0.25) is 19.4 Å². The highest BCUT2D eigenvalue weighted by atomic mass is 16.2. The fourth-order valence-corrected chi connectivity index (χ4v) is 3.26. The molecule has 1 aromatic rings. The van der Waals surface area contributed by atoms with E-state index in [1.54, 1.807) is 34.1 Å². The fourth-order valence-electron chi connectivity index (χ4n) is 3.26. The number of nitrogens with zero attached hydrogens (tertiary/aromatic N) is 4. The lowest BCUT2D eigenvalue weighted by atomic mass is 10.2. The summed E-state index contributed by atoms with van der Waals surface area (Å²) >= 11 is 0. The van der Waals surface area contributed by atoms with Gasteiger partial charge in [-0.25, -0.2) is 0 Å². The van der Waals surface area contributed by atoms with Crippen LogP contribution in [-0.2, 0) is 20.8 Å². The lowest BCUT2D eigenvalue weighted by molar-refractivity contribution is -0.139. The van der Waals surface area contributed by atoms with Crippen molar-refractivity contribution >= 4 is 18.2 Å². The van der Waals surface area contributed by atoms with E-state index in [1.807, 2.05) is 12.1 Å². The van der Waals surface area contributed by atoms with Crippen LogP contribution in [0.4, 0.5) is 0 Å². The maximum atomic E-state index is 12.5. The topological polar surface area (TPSA) is 73.8 Å². The monoisotopic (exact) mass is 344 g/mol. The number of piperazine rings is 1. The molecule has 2 unspecified atom stereocenters. The predicted molar refractivity (Wildman–Crippen MR) is 91.4 cm³/mol. The van der Waals surface area contributed by atoms with Crippen LogP contribution in [0.15, 0.2) is 24.5 Å². The third kappa shape index (κ3) is 4.15. The van der Waals surface area contributed by atoms with Crippen LogP contribution < -0.4 is 0 Å². The molecular formula is C18H24N4O3. The average molecular weight is 344 g/mol. The Hall–Kier alpha value is -2.44. The summed E-state index contributed by atoms with van der Waals surface area (Å²) in [5, 5.41) is 0. The summed E-state index contributed by atoms with van der Waals surface area (Å²) in [6.45, 7) is 2.91. The first-order chi connectivity index (χ1) is 12.1. The molecule has 7 nitrogen and oxygen atoms in total. The highest BCUT2D eigenvalue weighted by Gasteiger charge is 2.50. The van der Waals surface area contributed by atoms with Crippen LogP contribution >= 0.6 is 0 Å². The lowest BCUT2D eigenvalue weighted by Crippen LogP contribution is -2.49. The Morgan fingerprint density at radius 2 is 1.88 bits per heavy atom. The van der Waals surface area contributed by atoms with Gasteiger partial charge in [0.25, 0.3) is 0 Å². The molecule has 1 saturated carbocycles. The molecule has 1 aliphatic heterocycles. The predicted octanol–water partition coefficient (Wildman–Crippen LogP) is 0.0192. The summed E-state index contributed by atoms with van der Waals surface area (Å²) in [4.78, 5) is 44.9. The molecule has 7 heteroatoms. The van der Waals surface area contributed by atoms with Crippen LogP contribution in [0.2, 0.25) is 0 Å². The van der Waals surface area contributed by atoms with Crippen LogP contribution in [0.25, 0.3) is 0 Å². The SMILES string of the molecule is CN(CCc1ccncc1)C(=O)C1CC1C(=O)N1CCN(C=O)CC1. The Morgan fingerprint density at radius 1 is 1.20 bits per heavy atom. The van der Waals surface area contributed by atoms with Crippen LogP contribution in [-0.4, -0.2) is 77.7 Å². The number of pyridine rings is 1. The molecular weight excluding hydrogens is 320 g/mol. The van der Waals surface area contributed by atoms with Crippen molar-refractivity contribution in [2.45, 2.75) is 12.8 Å². The molecule has 3 amide bonds. The molecule has 0 spiro atoms. The fraction of sp³-hybridized carbons (Fsp3) is 0.556. The normalized spacial score (nSPS) is 22.4. The number of carbonyl (C=O) groups is 3. The molecule has 1 aromatic heterocycles. The number of amides is 3. The molecule has 2 heterocycles. The number of hydrogen-bond donors (Lipinski definition) is 0. The Labute approximate surface area is 147 Å². The molecule has 2 atom stereocenters. The Bertz CT molecular complexity index is 628. The largest absolute Gasteiger partial charge is 0.345 e. The van der Waals surface area contributed by atoms with Crippen molar-refractivity contribution in [1.29, 1.82) is 0 Å². The molecule has 0 bridgehead atoms. The third-order valence-electron chi connectivity index (χ3n) is 5.06. The molecule has 0 aromatic carbocycles. The Balaban J connectivity index is 1.45. The summed E-state index contributed by atoms with van der Waals surface area (Å²) in [5.41, 5.74) is 1.14. The zero-order chi connectivity index (χ0) is 17.8. The number of hydrogen-bond acceptors (Lipinski definition) is 4. The van der Waals surface area contributed by atoms with Crippen molar-refractivity contribution in [3.63, 3.8) is 0 Å². The second kappa shape index (κ2) is 7.63. The van der Waals surface area contributed by atoms with E-state index in [2.05, 4.69) is 4.98 Å². The molecule has 0 N–H and O–H groups in total. The Kier molecular flexibility index (Phi) is 5.31. The third-order valence-corrected chi connectivity index (χ3v) is 5.06. The minimum Gasteiger partial charge on any atom is -0.345 e. The molecule has 134 valence electrons. The van der Waals surface area contributed by atoms with Gasteiger partial charge in [0, 0.05) is 52.2 Å². The van der Waals surface area contributed by atoms with E-state index in [4.69, 9.17) is 0 Å². The maximum absolute atomic E-state index is 12.5. The number of likely N-dealkylation sites (N-methyl/N-ethyl adjacent to an activating group) is 1. The van der Waals surface area contributed by atoms with E-state index in [0.29, 0.717) is 39.1 Å². The van der Waals surface area contributed by atoms with Crippen molar-refractivity contribution < 1.29 is 14.4 Å². The van der Waals surface area contributed by atoms with Crippen LogP contribution in [0.1, 0.15) is 12.0 Å². The maximum Gasteiger partial charge on any atom is 0.226 e. The van der Waals surface area contributed by atoms with Crippen molar-refractivity contribution in [1.82, 2.24) is 19.7 Å². The van der Waals surface area contributed by atoms with Crippen molar-refractivity contribution in [3.8, 4) is 0 Å². The van der Waals surface area contributed by atoms with Gasteiger partial charge >= 0.3 is 0 Å². The molecule has 2 fully saturated rings. The summed E-state index contributed by atoms with van der Waals surface area (Å²) in [6.07, 6.45) is 5.74. The van der Waals surface area contributed by atoms with Crippen molar-refractivity contribution in [2.24, 2.45) is 11.8 Å². The summed E-state index contributed by atoms with van der Waals surface area (Å²) < 4.78 is 0. The summed E-state index contributed by atoms with van der Waals surface area (Å²) in [5.74, 6) is -0.247. The van der Waals surface area contributed by atoms with E-state index < -0.39 is 0 Å². The highest BCUT2D eigenvalue weighted by molar-refractivity contribution is 5.92. The second-order valence-corrected chi connectivity index (χ2v) is 6.78. The van der Waals surface area contributed by atoms with E-state index in [1.165, 1.54) is 0 Å². The number of carbonyl (C=O) groups excluding carboxylic acids is 3. The van der Waals surface area contributed by atoms with Gasteiger partial charge in [-0.05, 0) is 30.5 Å². The molecule has 25 heavy (non-hydrogen) atoms. The Morgan fingerprint density at radius 3 is 2.52 bits per heavy atom. The summed E-state index contributed by atoms with van der Waals surface area (Å²) in [7, 11) is 1.80. The second-order valence-electron chi connectivity index (χ2n) is 6.78. The van der Waals surface area contributed by atoms with Gasteiger partial charge in [-0.15, -0.1) is 0 Å². The quantitative estimate of drug-likeness (QED) is 0.682. The first-order valence-corrected chi connectivity index (χ1v) is 8.72. The van der Waals surface area contributed by atoms with Crippen LogP contribution in [0.5, 0.6) is 0 Å². The molecule has 0 radical (unpaired) electrons. The first-order valence-electron chi connectivity index (χ1n) is 8.72. The van der Waals surface area contributed by atoms with Gasteiger partial charge in [-0.1, -0.05) is 0 Å². The zero-order valence-corrected chi connectivity index (χ0v) is 14.5. The molecule has 1 saturated heterocycles. The highest BCUT2D eigenvalue weighted by Crippen LogP contribution is 2.41. The molecule has 1 aliphatic carbocycles. The van der Waals surface area contributed by atoms with Crippen LogP contribution in [0, 0.1) is 11.8 Å². The van der Waals surface area contributed by atoms with Gasteiger partial charge in [0.2, 0.25) is 18.2 Å². The van der Waals surface area contributed by atoms with Crippen molar-refractivity contribution in [2.75, 3.05) is 39.8 Å². The van der Waals surface area contributed by atoms with Crippen LogP contribution in [0.3, 0.4) is 0 Å². The summed E-state index contributed by atoms with van der Waals surface area (Å²) in [6, 6.07) is 3.89. The van der Waals surface area contributed by atoms with Crippen molar-refractivity contribution in [3.05, 3.63) is 30.1 Å². The van der Waals surface area contributed by atoms with E-state index in [0.717, 1.165) is 18.4 Å². The zero-order valence-electron chi connectivity index (χ0n) is 14.5. The smallest absolute Gasteiger partial charge is 0.226 e. The van der Waals surface area contributed by atoms with E-state index in [9.17, 15) is 14.4 Å². The van der Waals surface area contributed by atoms with Gasteiger partial charge in [0.1, 0.15) is 0 Å². The van der Waals surface area contributed by atoms with Gasteiger partial charge < -0.3 is 14.7 Å². The average Bonchev–Trinajstić information content (AvgIpc) is 3.46. The minimum atomic E-state index is -0.182. The van der Waals surface area contributed by atoms with Gasteiger partial charge in [0.05, 0.1) is 11.8 Å². The van der Waals surface area contributed by atoms with E-state index in [-0.39, 0.29) is 23.7 Å². The minimum absolute atomic E-state index is 0.0546. The standard InChI is InChI=1S/C18H24N4O3/c1-20(7-4-14-2-5-19-6-3-14)17(24)15-12-16(15)18(25)22-10-8-21(13-23)9-11-22/h2-3,5-6,13,15-16H,4,7-12H2,1H3. The number of rotatable bonds is 6. The number of aromatic nitrogens is 1. The lowest BCUT2D eigenvalue weighted by Gasteiger charge is -2.32. The first kappa shape index (κ1) is 17.4. The van der Waals surface area contributed by atoms with Gasteiger partial charge in [-0.2, -0.15) is 0 Å². The molecule has 2 aliphatic rings. The molecule has 3 rings (SSSR count). The van der Waals surface area contributed by atoms with Gasteiger partial charge in [0.15, 0.2) is 0 Å². The van der Waals surface area contributed by atoms with E-state index >= 15 is 0 Å².